The summed E-state index contributed by atoms with van der Waals surface area (Å²) in [4.78, 5) is 34.6. The lowest BCUT2D eigenvalue weighted by Crippen LogP contribution is -2.47. The van der Waals surface area contributed by atoms with Gasteiger partial charge in [0.2, 0.25) is 11.9 Å². The molecule has 144 valence electrons. The molecule has 8 heteroatoms. The number of carbonyl (C=O) groups excluding carboxylic acids is 2. The van der Waals surface area contributed by atoms with Crippen LogP contribution in [0.25, 0.3) is 0 Å². The van der Waals surface area contributed by atoms with E-state index in [1.165, 1.54) is 22.9 Å². The molecule has 1 spiro atoms. The van der Waals surface area contributed by atoms with E-state index in [0.29, 0.717) is 22.9 Å². The molecule has 6 nitrogen and oxygen atoms in total. The van der Waals surface area contributed by atoms with Gasteiger partial charge in [0.25, 0.3) is 5.91 Å². The topological polar surface area (TPSA) is 75.2 Å². The van der Waals surface area contributed by atoms with Crippen molar-refractivity contribution in [2.24, 2.45) is 0 Å². The second kappa shape index (κ2) is 6.24. The lowest BCUT2D eigenvalue weighted by molar-refractivity contribution is -0.117. The molecule has 5 rings (SSSR count). The van der Waals surface area contributed by atoms with E-state index in [2.05, 4.69) is 15.3 Å². The van der Waals surface area contributed by atoms with E-state index < -0.39 is 17.5 Å². The molecule has 28 heavy (non-hydrogen) atoms. The predicted molar refractivity (Wildman–Crippen MR) is 101 cm³/mol. The Balaban J connectivity index is 1.37. The average molecular weight is 401 g/mol. The number of fused-ring (bicyclic) bond motifs is 2. The molecular formula is C20H18ClFN4O2. The van der Waals surface area contributed by atoms with Gasteiger partial charge in [-0.1, -0.05) is 23.7 Å². The highest BCUT2D eigenvalue weighted by molar-refractivity contribution is 6.30. The Kier molecular flexibility index (Phi) is 3.91. The lowest BCUT2D eigenvalue weighted by atomic mass is 9.84. The average Bonchev–Trinajstić information content (AvgIpc) is 3.59. The van der Waals surface area contributed by atoms with E-state index in [1.54, 1.807) is 6.07 Å². The smallest absolute Gasteiger partial charge is 0.254 e. The van der Waals surface area contributed by atoms with E-state index >= 15 is 0 Å². The number of rotatable bonds is 4. The molecule has 1 aliphatic heterocycles. The highest BCUT2D eigenvalue weighted by atomic mass is 35.5. The molecule has 3 aliphatic rings. The molecular weight excluding hydrogens is 383 g/mol. The van der Waals surface area contributed by atoms with Crippen molar-refractivity contribution in [3.63, 3.8) is 0 Å². The van der Waals surface area contributed by atoms with Gasteiger partial charge in [-0.05, 0) is 42.4 Å². The van der Waals surface area contributed by atoms with Gasteiger partial charge in [0.15, 0.2) is 0 Å². The number of nitrogens with zero attached hydrogens (tertiary/aromatic N) is 3. The van der Waals surface area contributed by atoms with Crippen molar-refractivity contribution in [2.45, 2.75) is 36.8 Å². The summed E-state index contributed by atoms with van der Waals surface area (Å²) in [6, 6.07) is 5.77. The maximum Gasteiger partial charge on any atom is 0.254 e. The summed E-state index contributed by atoms with van der Waals surface area (Å²) in [5, 5.41) is 2.90. The summed E-state index contributed by atoms with van der Waals surface area (Å²) in [6.45, 7) is 0.0339. The monoisotopic (exact) mass is 400 g/mol. The minimum atomic E-state index is -0.987. The molecule has 0 saturated heterocycles. The zero-order chi connectivity index (χ0) is 19.5. The van der Waals surface area contributed by atoms with Gasteiger partial charge in [-0.15, -0.1) is 0 Å². The van der Waals surface area contributed by atoms with Crippen molar-refractivity contribution in [1.29, 1.82) is 0 Å². The Morgan fingerprint density at radius 3 is 2.68 bits per heavy atom. The maximum absolute atomic E-state index is 14.4. The van der Waals surface area contributed by atoms with Gasteiger partial charge in [-0.3, -0.25) is 14.9 Å². The van der Waals surface area contributed by atoms with Crippen molar-refractivity contribution in [3.8, 4) is 0 Å². The number of hydrogen-bond acceptors (Lipinski definition) is 4. The molecule has 2 saturated carbocycles. The first-order valence-electron chi connectivity index (χ1n) is 9.31. The second-order valence-electron chi connectivity index (χ2n) is 7.84. The first-order valence-corrected chi connectivity index (χ1v) is 9.69. The highest BCUT2D eigenvalue weighted by Crippen LogP contribution is 2.55. The van der Waals surface area contributed by atoms with Gasteiger partial charge in [0.05, 0.1) is 17.4 Å². The third-order valence-corrected chi connectivity index (χ3v) is 6.00. The summed E-state index contributed by atoms with van der Waals surface area (Å²) in [6.07, 6.45) is 4.45. The molecule has 2 aliphatic carbocycles. The fourth-order valence-corrected chi connectivity index (χ4v) is 4.14. The molecule has 2 amide bonds. The molecule has 2 fully saturated rings. The predicted octanol–water partition coefficient (Wildman–Crippen LogP) is 3.08. The fourth-order valence-electron chi connectivity index (χ4n) is 4.04. The van der Waals surface area contributed by atoms with Gasteiger partial charge in [-0.2, -0.15) is 0 Å². The zero-order valence-corrected chi connectivity index (χ0v) is 15.7. The van der Waals surface area contributed by atoms with Crippen LogP contribution in [0.5, 0.6) is 0 Å². The summed E-state index contributed by atoms with van der Waals surface area (Å²) in [7, 11) is 0. The van der Waals surface area contributed by atoms with Crippen LogP contribution in [0.15, 0.2) is 30.6 Å². The molecule has 1 aromatic carbocycles. The first-order chi connectivity index (χ1) is 13.5. The van der Waals surface area contributed by atoms with Crippen LogP contribution in [-0.2, 0) is 10.2 Å². The molecule has 2 atom stereocenters. The molecule has 0 unspecified atom stereocenters. The number of halogens is 2. The SMILES string of the molecule is O=C(CN1C[C@]2(C[C@H]2F)c2cc(C3CC3)ccc2C1=O)Nc1ncc(Cl)cn1. The quantitative estimate of drug-likeness (QED) is 0.855. The van der Waals surface area contributed by atoms with Gasteiger partial charge < -0.3 is 4.90 Å². The summed E-state index contributed by atoms with van der Waals surface area (Å²) >= 11 is 5.73. The molecule has 2 aromatic rings. The van der Waals surface area contributed by atoms with E-state index in [9.17, 15) is 14.0 Å². The van der Waals surface area contributed by atoms with Gasteiger partial charge in [-0.25, -0.2) is 14.4 Å². The van der Waals surface area contributed by atoms with Crippen molar-refractivity contribution >= 4 is 29.4 Å². The number of aromatic nitrogens is 2. The Hall–Kier alpha value is -2.54. The van der Waals surface area contributed by atoms with Gasteiger partial charge >= 0.3 is 0 Å². The zero-order valence-electron chi connectivity index (χ0n) is 15.0. The largest absolute Gasteiger partial charge is 0.328 e. The van der Waals surface area contributed by atoms with Crippen molar-refractivity contribution in [2.75, 3.05) is 18.4 Å². The van der Waals surface area contributed by atoms with E-state index in [4.69, 9.17) is 11.6 Å². The minimum Gasteiger partial charge on any atom is -0.328 e. The Labute approximate surface area is 166 Å². The van der Waals surface area contributed by atoms with E-state index in [-0.39, 0.29) is 24.9 Å². The number of nitrogens with one attached hydrogen (secondary N) is 1. The number of amides is 2. The van der Waals surface area contributed by atoms with Crippen LogP contribution >= 0.6 is 11.6 Å². The van der Waals surface area contributed by atoms with Crippen LogP contribution in [0.2, 0.25) is 5.02 Å². The van der Waals surface area contributed by atoms with Crippen LogP contribution in [0.4, 0.5) is 10.3 Å². The van der Waals surface area contributed by atoms with Crippen molar-refractivity contribution in [3.05, 3.63) is 52.3 Å². The Morgan fingerprint density at radius 2 is 2.04 bits per heavy atom. The van der Waals surface area contributed by atoms with Crippen molar-refractivity contribution in [1.82, 2.24) is 14.9 Å². The standard InChI is InChI=1S/C20H18ClFN4O2/c21-13-7-23-19(24-8-13)25-17(27)9-26-10-20(6-16(20)22)15-5-12(11-1-2-11)3-4-14(15)18(26)28/h3-5,7-8,11,16H,1-2,6,9-10H2,(H,23,24,25,27)/t16-,20-/m1/s1. The normalized spacial score (nSPS) is 25.6. The Bertz CT molecular complexity index is 979. The van der Waals surface area contributed by atoms with Crippen LogP contribution in [-0.4, -0.2) is 45.9 Å². The van der Waals surface area contributed by atoms with Crippen molar-refractivity contribution < 1.29 is 14.0 Å². The summed E-state index contributed by atoms with van der Waals surface area (Å²) in [5.74, 6) is -0.0236. The lowest BCUT2D eigenvalue weighted by Gasteiger charge is -2.34. The highest BCUT2D eigenvalue weighted by Gasteiger charge is 2.61. The number of hydrogen-bond donors (Lipinski definition) is 1. The molecule has 0 bridgehead atoms. The number of alkyl halides is 1. The van der Waals surface area contributed by atoms with Crippen LogP contribution in [0.1, 0.15) is 46.7 Å². The summed E-state index contributed by atoms with van der Waals surface area (Å²) < 4.78 is 14.4. The van der Waals surface area contributed by atoms with Crippen LogP contribution in [0, 0.1) is 0 Å². The number of carbonyl (C=O) groups is 2. The molecule has 1 N–H and O–H groups in total. The van der Waals surface area contributed by atoms with E-state index in [0.717, 1.165) is 18.4 Å². The first kappa shape index (κ1) is 17.6. The van der Waals surface area contributed by atoms with Crippen LogP contribution in [0.3, 0.4) is 0 Å². The molecule has 2 heterocycles. The number of benzene rings is 1. The van der Waals surface area contributed by atoms with Crippen LogP contribution < -0.4 is 5.32 Å². The molecule has 1 aromatic heterocycles. The van der Waals surface area contributed by atoms with Gasteiger partial charge in [0, 0.05) is 17.5 Å². The third kappa shape index (κ3) is 2.94. The number of anilines is 1. The molecule has 0 radical (unpaired) electrons. The fraction of sp³-hybridized carbons (Fsp3) is 0.400. The Morgan fingerprint density at radius 1 is 1.32 bits per heavy atom. The van der Waals surface area contributed by atoms with Gasteiger partial charge in [0.1, 0.15) is 12.7 Å². The third-order valence-electron chi connectivity index (χ3n) is 5.81. The minimum absolute atomic E-state index is 0.109. The maximum atomic E-state index is 14.4. The van der Waals surface area contributed by atoms with E-state index in [1.807, 2.05) is 12.1 Å². The summed E-state index contributed by atoms with van der Waals surface area (Å²) in [5.41, 5.74) is 1.83. The second-order valence-corrected chi connectivity index (χ2v) is 8.28.